The van der Waals surface area contributed by atoms with Gasteiger partial charge in [-0.1, -0.05) is 0 Å². The van der Waals surface area contributed by atoms with Gasteiger partial charge in [0, 0.05) is 12.4 Å². The van der Waals surface area contributed by atoms with Crippen molar-refractivity contribution in [2.75, 3.05) is 4.90 Å². The van der Waals surface area contributed by atoms with Gasteiger partial charge in [-0.25, -0.2) is 14.9 Å². The van der Waals surface area contributed by atoms with Crippen LogP contribution in [0.4, 0.5) is 5.95 Å². The fourth-order valence-electron chi connectivity index (χ4n) is 3.32. The first-order valence-electron chi connectivity index (χ1n) is 6.07. The minimum Gasteiger partial charge on any atom is -0.373 e. The van der Waals surface area contributed by atoms with Gasteiger partial charge in [0.2, 0.25) is 17.8 Å². The molecular weight excluding hydrogens is 234 g/mol. The maximum atomic E-state index is 12.3. The molecule has 1 aromatic rings. The van der Waals surface area contributed by atoms with Gasteiger partial charge in [-0.2, -0.15) is 0 Å². The Morgan fingerprint density at radius 3 is 2.17 bits per heavy atom. The quantitative estimate of drug-likeness (QED) is 0.658. The maximum Gasteiger partial charge on any atom is 0.242 e. The number of rotatable bonds is 1. The summed E-state index contributed by atoms with van der Waals surface area (Å²) in [5, 5.41) is 0. The van der Waals surface area contributed by atoms with Crippen LogP contribution in [0.1, 0.15) is 12.8 Å². The molecule has 3 aliphatic rings. The Balaban J connectivity index is 1.76. The molecule has 0 saturated carbocycles. The lowest BCUT2D eigenvalue weighted by molar-refractivity contribution is -0.124. The van der Waals surface area contributed by atoms with E-state index in [2.05, 4.69) is 9.97 Å². The standard InChI is InChI=1S/C12H11N3O3/c16-10-8-6-2-3-7(18-6)9(8)11(17)15(10)12-13-4-1-5-14-12/h1,4-9H,2-3H2/t6-,7-,8-,9+/m0/s1. The van der Waals surface area contributed by atoms with E-state index < -0.39 is 0 Å². The Morgan fingerprint density at radius 2 is 1.61 bits per heavy atom. The van der Waals surface area contributed by atoms with Crippen molar-refractivity contribution in [3.05, 3.63) is 18.5 Å². The van der Waals surface area contributed by atoms with E-state index in [1.165, 1.54) is 12.4 Å². The fraction of sp³-hybridized carbons (Fsp3) is 0.500. The molecule has 4 heterocycles. The van der Waals surface area contributed by atoms with E-state index in [-0.39, 0.29) is 41.8 Å². The van der Waals surface area contributed by atoms with E-state index in [1.54, 1.807) is 6.07 Å². The van der Waals surface area contributed by atoms with Gasteiger partial charge in [0.05, 0.1) is 24.0 Å². The zero-order valence-electron chi connectivity index (χ0n) is 9.52. The van der Waals surface area contributed by atoms with Crippen molar-refractivity contribution in [1.82, 2.24) is 9.97 Å². The van der Waals surface area contributed by atoms with Crippen molar-refractivity contribution in [2.24, 2.45) is 11.8 Å². The van der Waals surface area contributed by atoms with Crippen molar-refractivity contribution in [3.8, 4) is 0 Å². The average molecular weight is 245 g/mol. The Bertz CT molecular complexity index is 505. The Kier molecular flexibility index (Phi) is 1.89. The molecule has 0 aliphatic carbocycles. The third-order valence-electron chi connectivity index (χ3n) is 4.04. The SMILES string of the molecule is O=C1[C@@H]2[C@H](C(=O)N1c1ncccn1)[C@@H]1CC[C@@H]2O1. The second-order valence-corrected chi connectivity index (χ2v) is 4.90. The van der Waals surface area contributed by atoms with Crippen LogP contribution >= 0.6 is 0 Å². The number of carbonyl (C=O) groups excluding carboxylic acids is 2. The predicted molar refractivity (Wildman–Crippen MR) is 59.4 cm³/mol. The molecule has 0 spiro atoms. The molecule has 4 atom stereocenters. The molecule has 1 aromatic heterocycles. The van der Waals surface area contributed by atoms with Crippen LogP contribution in [-0.2, 0) is 14.3 Å². The highest BCUT2D eigenvalue weighted by Gasteiger charge is 2.63. The predicted octanol–water partition coefficient (Wildman–Crippen LogP) is 0.143. The maximum absolute atomic E-state index is 12.3. The summed E-state index contributed by atoms with van der Waals surface area (Å²) in [6, 6.07) is 1.65. The van der Waals surface area contributed by atoms with Gasteiger partial charge in [0.1, 0.15) is 0 Å². The molecule has 3 aliphatic heterocycles. The second-order valence-electron chi connectivity index (χ2n) is 4.90. The number of hydrogen-bond donors (Lipinski definition) is 0. The Hall–Kier alpha value is -1.82. The molecule has 18 heavy (non-hydrogen) atoms. The monoisotopic (exact) mass is 245 g/mol. The molecule has 0 aromatic carbocycles. The highest BCUT2D eigenvalue weighted by molar-refractivity contribution is 6.21. The molecular formula is C12H11N3O3. The van der Waals surface area contributed by atoms with Crippen molar-refractivity contribution in [3.63, 3.8) is 0 Å². The van der Waals surface area contributed by atoms with Crippen LogP contribution in [-0.4, -0.2) is 34.0 Å². The number of carbonyl (C=O) groups is 2. The topological polar surface area (TPSA) is 72.4 Å². The highest BCUT2D eigenvalue weighted by atomic mass is 16.5. The summed E-state index contributed by atoms with van der Waals surface area (Å²) in [6.45, 7) is 0. The number of hydrogen-bond acceptors (Lipinski definition) is 5. The van der Waals surface area contributed by atoms with E-state index in [9.17, 15) is 9.59 Å². The third-order valence-corrected chi connectivity index (χ3v) is 4.04. The fourth-order valence-corrected chi connectivity index (χ4v) is 3.32. The van der Waals surface area contributed by atoms with E-state index >= 15 is 0 Å². The van der Waals surface area contributed by atoms with Gasteiger partial charge >= 0.3 is 0 Å². The number of imide groups is 1. The Morgan fingerprint density at radius 1 is 1.06 bits per heavy atom. The number of amides is 2. The van der Waals surface area contributed by atoms with Gasteiger partial charge in [-0.15, -0.1) is 0 Å². The zero-order chi connectivity index (χ0) is 12.3. The van der Waals surface area contributed by atoms with Crippen LogP contribution < -0.4 is 4.90 Å². The van der Waals surface area contributed by atoms with Crippen LogP contribution in [0.3, 0.4) is 0 Å². The summed E-state index contributed by atoms with van der Waals surface area (Å²) in [5.41, 5.74) is 0. The highest BCUT2D eigenvalue weighted by Crippen LogP contribution is 2.48. The van der Waals surface area contributed by atoms with Crippen LogP contribution in [0, 0.1) is 11.8 Å². The lowest BCUT2D eigenvalue weighted by atomic mass is 9.81. The Labute approximate surface area is 103 Å². The molecule has 4 rings (SSSR count). The summed E-state index contributed by atoms with van der Waals surface area (Å²) in [7, 11) is 0. The molecule has 2 bridgehead atoms. The number of nitrogens with zero attached hydrogens (tertiary/aromatic N) is 3. The lowest BCUT2D eigenvalue weighted by Crippen LogP contribution is -2.35. The van der Waals surface area contributed by atoms with Crippen LogP contribution in [0.25, 0.3) is 0 Å². The first-order chi connectivity index (χ1) is 8.77. The van der Waals surface area contributed by atoms with Crippen molar-refractivity contribution < 1.29 is 14.3 Å². The first kappa shape index (κ1) is 10.1. The second kappa shape index (κ2) is 3.35. The number of aromatic nitrogens is 2. The number of anilines is 1. The largest absolute Gasteiger partial charge is 0.373 e. The number of fused-ring (bicyclic) bond motifs is 5. The lowest BCUT2D eigenvalue weighted by Gasteiger charge is -2.14. The summed E-state index contributed by atoms with van der Waals surface area (Å²) in [5.74, 6) is -0.867. The number of ether oxygens (including phenoxy) is 1. The normalized spacial score (nSPS) is 37.4. The van der Waals surface area contributed by atoms with Crippen molar-refractivity contribution in [2.45, 2.75) is 25.0 Å². The molecule has 2 amide bonds. The van der Waals surface area contributed by atoms with Gasteiger partial charge in [-0.05, 0) is 18.9 Å². The van der Waals surface area contributed by atoms with E-state index in [1.807, 2.05) is 0 Å². The average Bonchev–Trinajstić information content (AvgIpc) is 3.05. The van der Waals surface area contributed by atoms with E-state index in [0.717, 1.165) is 17.7 Å². The summed E-state index contributed by atoms with van der Waals surface area (Å²) in [4.78, 5) is 33.8. The molecule has 6 nitrogen and oxygen atoms in total. The molecule has 0 radical (unpaired) electrons. The third kappa shape index (κ3) is 1.11. The van der Waals surface area contributed by atoms with Crippen molar-refractivity contribution in [1.29, 1.82) is 0 Å². The molecule has 0 N–H and O–H groups in total. The molecule has 92 valence electrons. The van der Waals surface area contributed by atoms with Gasteiger partial charge in [0.25, 0.3) is 0 Å². The molecule has 6 heteroatoms. The summed E-state index contributed by atoms with van der Waals surface area (Å²) in [6.07, 6.45) is 4.61. The van der Waals surface area contributed by atoms with Crippen LogP contribution in [0.2, 0.25) is 0 Å². The summed E-state index contributed by atoms with van der Waals surface area (Å²) >= 11 is 0. The van der Waals surface area contributed by atoms with Crippen molar-refractivity contribution >= 4 is 17.8 Å². The van der Waals surface area contributed by atoms with Gasteiger partial charge < -0.3 is 4.74 Å². The molecule has 0 unspecified atom stereocenters. The van der Waals surface area contributed by atoms with Crippen LogP contribution in [0.15, 0.2) is 18.5 Å². The molecule has 3 saturated heterocycles. The summed E-state index contributed by atoms with van der Waals surface area (Å²) < 4.78 is 5.66. The minimum absolute atomic E-state index is 0.0924. The molecule has 3 fully saturated rings. The van der Waals surface area contributed by atoms with E-state index in [0.29, 0.717) is 0 Å². The van der Waals surface area contributed by atoms with Gasteiger partial charge in [0.15, 0.2) is 0 Å². The van der Waals surface area contributed by atoms with Crippen LogP contribution in [0.5, 0.6) is 0 Å². The minimum atomic E-state index is -0.319. The first-order valence-corrected chi connectivity index (χ1v) is 6.07. The smallest absolute Gasteiger partial charge is 0.242 e. The van der Waals surface area contributed by atoms with Gasteiger partial charge in [-0.3, -0.25) is 9.59 Å². The zero-order valence-corrected chi connectivity index (χ0v) is 9.52. The van der Waals surface area contributed by atoms with E-state index in [4.69, 9.17) is 4.74 Å².